The van der Waals surface area contributed by atoms with Crippen molar-refractivity contribution in [3.05, 3.63) is 25.3 Å². The van der Waals surface area contributed by atoms with Gasteiger partial charge in [-0.1, -0.05) is 12.2 Å². The van der Waals surface area contributed by atoms with Gasteiger partial charge in [0.25, 0.3) is 0 Å². The first-order valence-corrected chi connectivity index (χ1v) is 3.78. The molecule has 0 aromatic carbocycles. The minimum absolute atomic E-state index is 0. The molecule has 0 bridgehead atoms. The van der Waals surface area contributed by atoms with Gasteiger partial charge in [0, 0.05) is 6.04 Å². The van der Waals surface area contributed by atoms with Crippen LogP contribution in [0.25, 0.3) is 0 Å². The van der Waals surface area contributed by atoms with Crippen LogP contribution in [0.2, 0.25) is 0 Å². The fraction of sp³-hybridized carbons (Fsp3) is 0.429. The predicted octanol–water partition coefficient (Wildman–Crippen LogP) is 1.22. The van der Waals surface area contributed by atoms with E-state index >= 15 is 0 Å². The summed E-state index contributed by atoms with van der Waals surface area (Å²) in [5, 5.41) is 0. The molecule has 0 rings (SSSR count). The van der Waals surface area contributed by atoms with Crippen LogP contribution in [-0.4, -0.2) is 14.5 Å². The van der Waals surface area contributed by atoms with Crippen molar-refractivity contribution in [3.63, 3.8) is 0 Å². The van der Waals surface area contributed by atoms with E-state index in [1.54, 1.807) is 0 Å². The van der Waals surface area contributed by atoms with Gasteiger partial charge < -0.3 is 5.73 Å². The number of hydrogen-bond acceptors (Lipinski definition) is 3. The Balaban J connectivity index is -0.000000177. The maximum absolute atomic E-state index is 8.29. The Labute approximate surface area is 82.7 Å². The van der Waals surface area contributed by atoms with Crippen molar-refractivity contribution in [1.29, 1.82) is 0 Å². The van der Waals surface area contributed by atoms with Crippen molar-refractivity contribution in [2.24, 2.45) is 5.73 Å². The number of rotatable bonds is 4. The molecule has 0 aromatic rings. The van der Waals surface area contributed by atoms with Crippen LogP contribution >= 0.6 is 12.4 Å². The fourth-order valence-electron chi connectivity index (χ4n) is 0.524. The van der Waals surface area contributed by atoms with E-state index in [2.05, 4.69) is 13.2 Å². The summed E-state index contributed by atoms with van der Waals surface area (Å²) in [5.74, 6) is 0. The molecule has 0 unspecified atom stereocenters. The normalized spacial score (nSPS) is 7.17. The zero-order valence-electron chi connectivity index (χ0n) is 6.77. The number of nitrogens with two attached hydrogens (primary N) is 1. The van der Waals surface area contributed by atoms with Gasteiger partial charge >= 0.3 is 11.6 Å². The zero-order valence-corrected chi connectivity index (χ0v) is 8.40. The second-order valence-electron chi connectivity index (χ2n) is 1.88. The summed E-state index contributed by atoms with van der Waals surface area (Å²) in [5.41, 5.74) is 5.55. The van der Waals surface area contributed by atoms with Crippen LogP contribution in [0.4, 0.5) is 0 Å². The topological polar surface area (TPSA) is 60.2 Å². The first-order chi connectivity index (χ1) is 5.22. The monoisotopic (exact) mass is 211 g/mol. The molecule has 0 spiro atoms. The van der Waals surface area contributed by atoms with Gasteiger partial charge in [-0.25, -0.2) is 0 Å². The summed E-state index contributed by atoms with van der Waals surface area (Å²) in [4.78, 5) is 0. The van der Waals surface area contributed by atoms with Crippen molar-refractivity contribution in [3.8, 4) is 0 Å². The number of halogens is 1. The van der Waals surface area contributed by atoms with Gasteiger partial charge in [0.1, 0.15) is 0 Å². The molecular weight excluding hydrogens is 198 g/mol. The molecule has 0 fully saturated rings. The molecule has 2 N–H and O–H groups in total. The molecule has 0 saturated heterocycles. The summed E-state index contributed by atoms with van der Waals surface area (Å²) < 4.78 is 16.6. The Kier molecular flexibility index (Phi) is 24.7. The van der Waals surface area contributed by atoms with Crippen LogP contribution < -0.4 is 5.73 Å². The molecule has 0 aliphatic heterocycles. The summed E-state index contributed by atoms with van der Waals surface area (Å²) >= 11 is -0.750. The first kappa shape index (κ1) is 17.6. The van der Waals surface area contributed by atoms with Gasteiger partial charge in [-0.3, -0.25) is 0 Å². The van der Waals surface area contributed by atoms with E-state index in [0.29, 0.717) is 0 Å². The van der Waals surface area contributed by atoms with Crippen molar-refractivity contribution >= 4 is 24.0 Å². The Bertz CT molecular complexity index is 136. The average Bonchev–Trinajstić information content (AvgIpc) is 1.90. The third-order valence-electron chi connectivity index (χ3n) is 0.939. The van der Waals surface area contributed by atoms with Crippen LogP contribution in [-0.2, 0) is 11.6 Å². The SMILES string of the molecule is C=CCC(N)CC=C.Cl.O=S=O. The average molecular weight is 212 g/mol. The van der Waals surface area contributed by atoms with Crippen LogP contribution in [0, 0.1) is 0 Å². The highest BCUT2D eigenvalue weighted by Gasteiger charge is 1.92. The van der Waals surface area contributed by atoms with E-state index in [4.69, 9.17) is 14.2 Å². The third-order valence-corrected chi connectivity index (χ3v) is 0.939. The highest BCUT2D eigenvalue weighted by atomic mass is 35.5. The Morgan fingerprint density at radius 3 is 1.67 bits per heavy atom. The molecule has 0 aliphatic carbocycles. The van der Waals surface area contributed by atoms with E-state index in [1.807, 2.05) is 12.2 Å². The van der Waals surface area contributed by atoms with E-state index in [1.165, 1.54) is 0 Å². The van der Waals surface area contributed by atoms with E-state index < -0.39 is 11.6 Å². The molecule has 0 aromatic heterocycles. The van der Waals surface area contributed by atoms with Crippen LogP contribution in [0.15, 0.2) is 25.3 Å². The Hall–Kier alpha value is -0.450. The first-order valence-electron chi connectivity index (χ1n) is 3.12. The van der Waals surface area contributed by atoms with Gasteiger partial charge in [0.15, 0.2) is 0 Å². The molecule has 0 amide bonds. The molecule has 72 valence electrons. The van der Waals surface area contributed by atoms with Crippen molar-refractivity contribution in [2.75, 3.05) is 0 Å². The third kappa shape index (κ3) is 22.7. The molecule has 0 aliphatic rings. The summed E-state index contributed by atoms with van der Waals surface area (Å²) in [6, 6.07) is 0.227. The summed E-state index contributed by atoms with van der Waals surface area (Å²) in [6.45, 7) is 7.14. The molecule has 12 heavy (non-hydrogen) atoms. The predicted molar refractivity (Wildman–Crippen MR) is 53.8 cm³/mol. The Morgan fingerprint density at radius 1 is 1.25 bits per heavy atom. The lowest BCUT2D eigenvalue weighted by atomic mass is 10.1. The lowest BCUT2D eigenvalue weighted by Crippen LogP contribution is -2.17. The van der Waals surface area contributed by atoms with Crippen molar-refractivity contribution in [2.45, 2.75) is 18.9 Å². The van der Waals surface area contributed by atoms with E-state index in [-0.39, 0.29) is 18.4 Å². The van der Waals surface area contributed by atoms with Gasteiger partial charge in [-0.15, -0.1) is 25.6 Å². The van der Waals surface area contributed by atoms with Crippen molar-refractivity contribution in [1.82, 2.24) is 0 Å². The maximum Gasteiger partial charge on any atom is 0.335 e. The van der Waals surface area contributed by atoms with Crippen molar-refractivity contribution < 1.29 is 8.42 Å². The minimum atomic E-state index is -0.750. The van der Waals surface area contributed by atoms with Gasteiger partial charge in [-0.05, 0) is 12.8 Å². The lowest BCUT2D eigenvalue weighted by Gasteiger charge is -2.01. The van der Waals surface area contributed by atoms with E-state index in [0.717, 1.165) is 12.8 Å². The molecule has 0 radical (unpaired) electrons. The van der Waals surface area contributed by atoms with Gasteiger partial charge in [0.05, 0.1) is 0 Å². The molecule has 3 nitrogen and oxygen atoms in total. The fourth-order valence-corrected chi connectivity index (χ4v) is 0.524. The molecule has 0 atom stereocenters. The van der Waals surface area contributed by atoms with E-state index in [9.17, 15) is 0 Å². The smallest absolute Gasteiger partial charge is 0.327 e. The highest BCUT2D eigenvalue weighted by Crippen LogP contribution is 1.93. The second kappa shape index (κ2) is 16.9. The largest absolute Gasteiger partial charge is 0.335 e. The second-order valence-corrected chi connectivity index (χ2v) is 2.01. The lowest BCUT2D eigenvalue weighted by molar-refractivity contribution is 0.630. The highest BCUT2D eigenvalue weighted by molar-refractivity contribution is 7.51. The summed E-state index contributed by atoms with van der Waals surface area (Å²) in [7, 11) is 0. The maximum atomic E-state index is 8.29. The number of hydrogen-bond donors (Lipinski definition) is 1. The zero-order chi connectivity index (χ0) is 9.11. The minimum Gasteiger partial charge on any atom is -0.327 e. The standard InChI is InChI=1S/C7H13N.ClH.O2S/c1-3-5-7(8)6-4-2;;1-3-2/h3-4,7H,1-2,5-6,8H2;1H;. The van der Waals surface area contributed by atoms with Crippen LogP contribution in [0.3, 0.4) is 0 Å². The molecule has 0 heterocycles. The van der Waals surface area contributed by atoms with Gasteiger partial charge in [0.2, 0.25) is 0 Å². The van der Waals surface area contributed by atoms with Gasteiger partial charge in [-0.2, -0.15) is 8.42 Å². The molecule has 0 saturated carbocycles. The molecular formula is C7H14ClNO2S. The summed E-state index contributed by atoms with van der Waals surface area (Å²) in [6.07, 6.45) is 5.42. The Morgan fingerprint density at radius 2 is 1.50 bits per heavy atom. The van der Waals surface area contributed by atoms with Crippen LogP contribution in [0.5, 0.6) is 0 Å². The quantitative estimate of drug-likeness (QED) is 0.712. The molecule has 5 heteroatoms. The van der Waals surface area contributed by atoms with Crippen LogP contribution in [0.1, 0.15) is 12.8 Å².